The van der Waals surface area contributed by atoms with Crippen molar-refractivity contribution >= 4 is 10.1 Å². The molecule has 8 heteroatoms. The van der Waals surface area contributed by atoms with Crippen LogP contribution in [0.5, 0.6) is 0 Å². The molecule has 1 fully saturated rings. The second-order valence-electron chi connectivity index (χ2n) is 4.62. The lowest BCUT2D eigenvalue weighted by molar-refractivity contribution is -1.07. The monoisotopic (exact) mass is 290 g/mol. The van der Waals surface area contributed by atoms with Crippen molar-refractivity contribution in [3.8, 4) is 0 Å². The van der Waals surface area contributed by atoms with E-state index in [1.165, 1.54) is 0 Å². The lowest BCUT2D eigenvalue weighted by Crippen LogP contribution is -2.49. The van der Waals surface area contributed by atoms with Crippen molar-refractivity contribution in [3.05, 3.63) is 0 Å². The van der Waals surface area contributed by atoms with E-state index in [2.05, 4.69) is 4.28 Å². The molecule has 0 radical (unpaired) electrons. The van der Waals surface area contributed by atoms with Gasteiger partial charge in [-0.05, 0) is 12.8 Å². The predicted octanol–water partition coefficient (Wildman–Crippen LogP) is 2.57. The second-order valence-corrected chi connectivity index (χ2v) is 6.14. The Labute approximate surface area is 105 Å². The van der Waals surface area contributed by atoms with Gasteiger partial charge in [0.05, 0.1) is 0 Å². The van der Waals surface area contributed by atoms with Crippen molar-refractivity contribution in [3.63, 3.8) is 0 Å². The molecule has 0 atom stereocenters. The first-order valence-electron chi connectivity index (χ1n) is 6.11. The van der Waals surface area contributed by atoms with Gasteiger partial charge in [0.1, 0.15) is 19.6 Å². The third-order valence-corrected chi connectivity index (χ3v) is 4.17. The highest BCUT2D eigenvalue weighted by atomic mass is 32.2. The molecule has 0 aromatic heterocycles. The molecule has 0 amide bonds. The number of hydrogen-bond donors (Lipinski definition) is 0. The van der Waals surface area contributed by atoms with E-state index in [9.17, 15) is 21.6 Å². The fraction of sp³-hybridized carbons (Fsp3) is 1.00. The van der Waals surface area contributed by atoms with Crippen LogP contribution in [-0.4, -0.2) is 38.2 Å². The minimum Gasteiger partial charge on any atom is -0.185 e. The van der Waals surface area contributed by atoms with Gasteiger partial charge in [0.2, 0.25) is 0 Å². The standard InChI is InChI=1S/C10H19F3NO3S/c1-2-3-4-7-14(8-5-6-9-14)17-18(15,16)10(11,12)13/h2-9H2,1H3/q+1. The van der Waals surface area contributed by atoms with Crippen molar-refractivity contribution in [2.24, 2.45) is 0 Å². The Balaban J connectivity index is 2.74. The molecule has 1 saturated heterocycles. The van der Waals surface area contributed by atoms with E-state index in [-0.39, 0.29) is 0 Å². The van der Waals surface area contributed by atoms with Gasteiger partial charge in [0, 0.05) is 12.8 Å². The van der Waals surface area contributed by atoms with Crippen LogP contribution in [0.3, 0.4) is 0 Å². The van der Waals surface area contributed by atoms with Gasteiger partial charge in [-0.2, -0.15) is 26.2 Å². The zero-order chi connectivity index (χ0) is 13.9. The Hall–Kier alpha value is -0.340. The lowest BCUT2D eigenvalue weighted by atomic mass is 10.2. The number of rotatable bonds is 6. The highest BCUT2D eigenvalue weighted by molar-refractivity contribution is 7.87. The molecule has 18 heavy (non-hydrogen) atoms. The van der Waals surface area contributed by atoms with Crippen LogP contribution in [0.25, 0.3) is 0 Å². The van der Waals surface area contributed by atoms with Crippen LogP contribution in [0, 0.1) is 0 Å². The van der Waals surface area contributed by atoms with Crippen LogP contribution >= 0.6 is 0 Å². The molecule has 1 heterocycles. The van der Waals surface area contributed by atoms with E-state index in [0.29, 0.717) is 38.9 Å². The van der Waals surface area contributed by atoms with Gasteiger partial charge >= 0.3 is 15.6 Å². The van der Waals surface area contributed by atoms with Gasteiger partial charge in [-0.1, -0.05) is 17.6 Å². The molecule has 0 N–H and O–H groups in total. The van der Waals surface area contributed by atoms with Crippen LogP contribution < -0.4 is 0 Å². The summed E-state index contributed by atoms with van der Waals surface area (Å²) in [5.74, 6) is 0. The maximum atomic E-state index is 12.3. The van der Waals surface area contributed by atoms with Crippen LogP contribution in [0.1, 0.15) is 39.0 Å². The zero-order valence-electron chi connectivity index (χ0n) is 10.4. The van der Waals surface area contributed by atoms with Gasteiger partial charge in [0.15, 0.2) is 0 Å². The van der Waals surface area contributed by atoms with E-state index < -0.39 is 20.3 Å². The number of halogens is 3. The molecule has 108 valence electrons. The molecule has 0 unspecified atom stereocenters. The fourth-order valence-corrected chi connectivity index (χ4v) is 2.87. The number of nitrogens with zero attached hydrogens (tertiary/aromatic N) is 1. The zero-order valence-corrected chi connectivity index (χ0v) is 11.2. The SMILES string of the molecule is CCCCC[N+]1(OS(=O)(=O)C(F)(F)F)CCCC1. The van der Waals surface area contributed by atoms with Gasteiger partial charge < -0.3 is 0 Å². The van der Waals surface area contributed by atoms with Crippen LogP contribution in [0.2, 0.25) is 0 Å². The molecular weight excluding hydrogens is 271 g/mol. The predicted molar refractivity (Wildman–Crippen MR) is 59.7 cm³/mol. The van der Waals surface area contributed by atoms with E-state index in [0.717, 1.165) is 12.8 Å². The molecular formula is C10H19F3NO3S+. The van der Waals surface area contributed by atoms with E-state index in [1.54, 1.807) is 0 Å². The molecule has 0 bridgehead atoms. The molecule has 0 aromatic rings. The van der Waals surface area contributed by atoms with Crippen molar-refractivity contribution in [2.45, 2.75) is 44.5 Å². The third-order valence-electron chi connectivity index (χ3n) is 3.09. The molecule has 1 aliphatic rings. The summed E-state index contributed by atoms with van der Waals surface area (Å²) in [6, 6.07) is 0. The summed E-state index contributed by atoms with van der Waals surface area (Å²) in [7, 11) is -5.50. The molecule has 0 aromatic carbocycles. The Kier molecular flexibility index (Phi) is 5.02. The largest absolute Gasteiger partial charge is 0.528 e. The summed E-state index contributed by atoms with van der Waals surface area (Å²) in [4.78, 5) is 0. The number of hydrogen-bond acceptors (Lipinski definition) is 3. The molecule has 4 nitrogen and oxygen atoms in total. The number of hydroxylamine groups is 3. The van der Waals surface area contributed by atoms with Crippen molar-refractivity contribution in [2.75, 3.05) is 19.6 Å². The summed E-state index contributed by atoms with van der Waals surface area (Å²) >= 11 is 0. The first-order valence-corrected chi connectivity index (χ1v) is 7.52. The van der Waals surface area contributed by atoms with Crippen molar-refractivity contribution in [1.29, 1.82) is 0 Å². The Morgan fingerprint density at radius 1 is 1.17 bits per heavy atom. The Bertz CT molecular complexity index is 361. The Morgan fingerprint density at radius 3 is 2.17 bits per heavy atom. The number of alkyl halides is 3. The first kappa shape index (κ1) is 15.7. The minimum atomic E-state index is -5.50. The number of unbranched alkanes of at least 4 members (excludes halogenated alkanes) is 2. The van der Waals surface area contributed by atoms with Crippen LogP contribution in [0.4, 0.5) is 13.2 Å². The fourth-order valence-electron chi connectivity index (χ4n) is 2.15. The number of quaternary nitrogens is 1. The molecule has 1 aliphatic heterocycles. The van der Waals surface area contributed by atoms with Gasteiger partial charge in [-0.3, -0.25) is 0 Å². The normalized spacial score (nSPS) is 20.2. The summed E-state index contributed by atoms with van der Waals surface area (Å²) in [5.41, 5.74) is -5.34. The summed E-state index contributed by atoms with van der Waals surface area (Å²) in [5, 5.41) is 0. The van der Waals surface area contributed by atoms with Crippen molar-refractivity contribution in [1.82, 2.24) is 0 Å². The maximum absolute atomic E-state index is 12.3. The quantitative estimate of drug-likeness (QED) is 0.429. The third kappa shape index (κ3) is 3.83. The smallest absolute Gasteiger partial charge is 0.185 e. The average Bonchev–Trinajstić information content (AvgIpc) is 2.64. The summed E-state index contributed by atoms with van der Waals surface area (Å²) in [6.45, 7) is 2.96. The highest BCUT2D eigenvalue weighted by Crippen LogP contribution is 2.31. The highest BCUT2D eigenvalue weighted by Gasteiger charge is 2.54. The van der Waals surface area contributed by atoms with Crippen molar-refractivity contribution < 1.29 is 30.5 Å². The number of likely N-dealkylation sites (tertiary alicyclic amines) is 1. The second kappa shape index (κ2) is 5.75. The maximum Gasteiger partial charge on any atom is 0.528 e. The summed E-state index contributed by atoms with van der Waals surface area (Å²) in [6.07, 6.45) is 3.84. The lowest BCUT2D eigenvalue weighted by Gasteiger charge is -2.29. The molecule has 1 rings (SSSR count). The van der Waals surface area contributed by atoms with E-state index in [1.807, 2.05) is 6.92 Å². The van der Waals surface area contributed by atoms with Crippen LogP contribution in [0.15, 0.2) is 0 Å². The Morgan fingerprint density at radius 2 is 1.72 bits per heavy atom. The van der Waals surface area contributed by atoms with E-state index >= 15 is 0 Å². The van der Waals surface area contributed by atoms with Gasteiger partial charge in [-0.15, -0.1) is 0 Å². The molecule has 0 spiro atoms. The van der Waals surface area contributed by atoms with Gasteiger partial charge in [-0.25, -0.2) is 0 Å². The first-order chi connectivity index (χ1) is 8.22. The minimum absolute atomic E-state index is 0.323. The topological polar surface area (TPSA) is 43.4 Å². The van der Waals surface area contributed by atoms with Crippen LogP contribution in [-0.2, 0) is 14.4 Å². The van der Waals surface area contributed by atoms with Gasteiger partial charge in [0.25, 0.3) is 0 Å². The summed E-state index contributed by atoms with van der Waals surface area (Å²) < 4.78 is 63.2. The molecule has 0 aliphatic carbocycles. The average molecular weight is 290 g/mol. The molecule has 0 saturated carbocycles. The van der Waals surface area contributed by atoms with E-state index in [4.69, 9.17) is 0 Å².